The third-order valence-electron chi connectivity index (χ3n) is 0.833. The van der Waals surface area contributed by atoms with Crippen LogP contribution in [0.1, 0.15) is 6.42 Å². The molecule has 1 unspecified atom stereocenters. The molecule has 11 heavy (non-hydrogen) atoms. The molecule has 0 heterocycles. The van der Waals surface area contributed by atoms with Gasteiger partial charge in [0.2, 0.25) is 0 Å². The van der Waals surface area contributed by atoms with E-state index in [2.05, 4.69) is 0 Å². The average molecular weight is 179 g/mol. The number of aliphatic carboxylic acids is 2. The second-order valence-corrected chi connectivity index (χ2v) is 2.24. The minimum Gasteiger partial charge on any atom is -0.481 e. The molecule has 0 amide bonds. The topological polar surface area (TPSA) is 74.6 Å². The van der Waals surface area contributed by atoms with Crippen LogP contribution < -0.4 is 0 Å². The average Bonchev–Trinajstić information content (AvgIpc) is 1.86. The van der Waals surface area contributed by atoms with Crippen LogP contribution in [0.25, 0.3) is 0 Å². The molecule has 0 rings (SSSR count). The smallest absolute Gasteiger partial charge is 0.325 e. The van der Waals surface area contributed by atoms with Crippen molar-refractivity contribution in [2.75, 3.05) is 0 Å². The zero-order valence-corrected chi connectivity index (χ0v) is 6.28. The van der Waals surface area contributed by atoms with Crippen molar-refractivity contribution in [2.45, 2.75) is 11.8 Å². The highest BCUT2D eigenvalue weighted by molar-refractivity contribution is 6.31. The lowest BCUT2D eigenvalue weighted by atomic mass is 10.3. The lowest BCUT2D eigenvalue weighted by Gasteiger charge is -1.92. The van der Waals surface area contributed by atoms with Gasteiger partial charge in [0.15, 0.2) is 0 Å². The standard InChI is InChI=1S/C6H7ClO4/c7-4(6(10)11)2-1-3-5(8)9/h1-2,4H,3H2,(H,8,9)(H,10,11)/b2-1+. The normalized spacial score (nSPS) is 13.2. The molecule has 5 heteroatoms. The van der Waals surface area contributed by atoms with Crippen LogP contribution in [0.15, 0.2) is 12.2 Å². The molecule has 0 radical (unpaired) electrons. The summed E-state index contributed by atoms with van der Waals surface area (Å²) in [6.07, 6.45) is 2.11. The minimum atomic E-state index is -1.19. The largest absolute Gasteiger partial charge is 0.481 e. The number of carboxylic acids is 2. The number of alkyl halides is 1. The summed E-state index contributed by atoms with van der Waals surface area (Å²) in [5, 5.41) is 15.2. The first-order valence-corrected chi connectivity index (χ1v) is 3.23. The van der Waals surface area contributed by atoms with Crippen LogP contribution >= 0.6 is 11.6 Å². The van der Waals surface area contributed by atoms with Crippen LogP contribution in [-0.4, -0.2) is 27.5 Å². The van der Waals surface area contributed by atoms with E-state index in [1.165, 1.54) is 6.08 Å². The molecule has 62 valence electrons. The molecule has 1 atom stereocenters. The molecule has 0 bridgehead atoms. The summed E-state index contributed by atoms with van der Waals surface area (Å²) >= 11 is 5.22. The van der Waals surface area contributed by atoms with Gasteiger partial charge < -0.3 is 10.2 Å². The molecule has 0 fully saturated rings. The van der Waals surface area contributed by atoms with Crippen LogP contribution in [0, 0.1) is 0 Å². The van der Waals surface area contributed by atoms with E-state index < -0.39 is 17.3 Å². The highest BCUT2D eigenvalue weighted by Gasteiger charge is 2.07. The van der Waals surface area contributed by atoms with Crippen LogP contribution in [0.2, 0.25) is 0 Å². The molecule has 0 aromatic carbocycles. The first kappa shape index (κ1) is 9.97. The Hall–Kier alpha value is -1.03. The highest BCUT2D eigenvalue weighted by Crippen LogP contribution is 1.98. The van der Waals surface area contributed by atoms with Crippen molar-refractivity contribution < 1.29 is 19.8 Å². The summed E-state index contributed by atoms with van der Waals surface area (Å²) in [6.45, 7) is 0. The minimum absolute atomic E-state index is 0.212. The van der Waals surface area contributed by atoms with Gasteiger partial charge in [-0.25, -0.2) is 0 Å². The SMILES string of the molecule is O=C(O)C/C=C/C(Cl)C(=O)O. The molecule has 0 aliphatic heterocycles. The summed E-state index contributed by atoms with van der Waals surface area (Å²) in [7, 11) is 0. The van der Waals surface area contributed by atoms with E-state index in [1.807, 2.05) is 0 Å². The fourth-order valence-corrected chi connectivity index (χ4v) is 0.474. The van der Waals surface area contributed by atoms with E-state index in [4.69, 9.17) is 21.8 Å². The number of halogens is 1. The summed E-state index contributed by atoms with van der Waals surface area (Å²) in [5.74, 6) is -2.20. The fourth-order valence-electron chi connectivity index (χ4n) is 0.371. The van der Waals surface area contributed by atoms with Crippen molar-refractivity contribution in [3.8, 4) is 0 Å². The van der Waals surface area contributed by atoms with Gasteiger partial charge in [0, 0.05) is 0 Å². The summed E-state index contributed by atoms with van der Waals surface area (Å²) in [6, 6.07) is 0. The third-order valence-corrected chi connectivity index (χ3v) is 1.17. The van der Waals surface area contributed by atoms with Crippen molar-refractivity contribution in [3.63, 3.8) is 0 Å². The predicted molar refractivity (Wildman–Crippen MR) is 38.7 cm³/mol. The van der Waals surface area contributed by atoms with Gasteiger partial charge in [0.25, 0.3) is 0 Å². The summed E-state index contributed by atoms with van der Waals surface area (Å²) in [4.78, 5) is 20.0. The maximum atomic E-state index is 10.0. The molecule has 0 aromatic rings. The number of hydrogen-bond acceptors (Lipinski definition) is 2. The van der Waals surface area contributed by atoms with Gasteiger partial charge in [-0.3, -0.25) is 9.59 Å². The zero-order chi connectivity index (χ0) is 8.85. The zero-order valence-electron chi connectivity index (χ0n) is 5.53. The molecule has 4 nitrogen and oxygen atoms in total. The number of rotatable bonds is 4. The van der Waals surface area contributed by atoms with Crippen molar-refractivity contribution in [2.24, 2.45) is 0 Å². The Morgan fingerprint density at radius 2 is 2.00 bits per heavy atom. The van der Waals surface area contributed by atoms with Crippen LogP contribution in [0.5, 0.6) is 0 Å². The van der Waals surface area contributed by atoms with Crippen molar-refractivity contribution in [1.29, 1.82) is 0 Å². The third kappa shape index (κ3) is 5.42. The Kier molecular flexibility index (Phi) is 4.29. The second kappa shape index (κ2) is 4.73. The van der Waals surface area contributed by atoms with E-state index in [0.717, 1.165) is 6.08 Å². The van der Waals surface area contributed by atoms with Crippen molar-refractivity contribution >= 4 is 23.5 Å². The van der Waals surface area contributed by atoms with Crippen LogP contribution in [-0.2, 0) is 9.59 Å². The van der Waals surface area contributed by atoms with E-state index in [9.17, 15) is 9.59 Å². The number of carbonyl (C=O) groups is 2. The Morgan fingerprint density at radius 3 is 2.36 bits per heavy atom. The van der Waals surface area contributed by atoms with Crippen LogP contribution in [0.4, 0.5) is 0 Å². The van der Waals surface area contributed by atoms with Gasteiger partial charge in [-0.1, -0.05) is 12.2 Å². The van der Waals surface area contributed by atoms with Gasteiger partial charge in [-0.15, -0.1) is 11.6 Å². The number of carboxylic acid groups (broad SMARTS) is 2. The molecular weight excluding hydrogens is 172 g/mol. The van der Waals surface area contributed by atoms with E-state index in [0.29, 0.717) is 0 Å². The molecule has 0 saturated carbocycles. The van der Waals surface area contributed by atoms with Gasteiger partial charge in [-0.05, 0) is 0 Å². The van der Waals surface area contributed by atoms with Crippen molar-refractivity contribution in [3.05, 3.63) is 12.2 Å². The molecule has 2 N–H and O–H groups in total. The maximum Gasteiger partial charge on any atom is 0.325 e. The van der Waals surface area contributed by atoms with E-state index in [-0.39, 0.29) is 6.42 Å². The monoisotopic (exact) mass is 178 g/mol. The van der Waals surface area contributed by atoms with E-state index in [1.54, 1.807) is 0 Å². The molecule has 0 aliphatic rings. The Labute approximate surface area is 68.1 Å². The molecule has 0 saturated heterocycles. The molecule has 0 aromatic heterocycles. The summed E-state index contributed by atoms with van der Waals surface area (Å²) in [5.41, 5.74) is 0. The predicted octanol–water partition coefficient (Wildman–Crippen LogP) is 0.709. The van der Waals surface area contributed by atoms with Crippen LogP contribution in [0.3, 0.4) is 0 Å². The first-order chi connectivity index (χ1) is 5.04. The van der Waals surface area contributed by atoms with Crippen molar-refractivity contribution in [1.82, 2.24) is 0 Å². The Morgan fingerprint density at radius 1 is 1.45 bits per heavy atom. The second-order valence-electron chi connectivity index (χ2n) is 1.77. The summed E-state index contributed by atoms with van der Waals surface area (Å²) < 4.78 is 0. The molecular formula is C6H7ClO4. The highest BCUT2D eigenvalue weighted by atomic mass is 35.5. The maximum absolute atomic E-state index is 10.0. The Balaban J connectivity index is 3.74. The lowest BCUT2D eigenvalue weighted by molar-refractivity contribution is -0.137. The first-order valence-electron chi connectivity index (χ1n) is 2.79. The number of hydrogen-bond donors (Lipinski definition) is 2. The Bertz CT molecular complexity index is 187. The lowest BCUT2D eigenvalue weighted by Crippen LogP contribution is -2.09. The molecule has 0 spiro atoms. The quantitative estimate of drug-likeness (QED) is 0.491. The fraction of sp³-hybridized carbons (Fsp3) is 0.333. The van der Waals surface area contributed by atoms with Gasteiger partial charge in [-0.2, -0.15) is 0 Å². The van der Waals surface area contributed by atoms with Gasteiger partial charge in [0.05, 0.1) is 6.42 Å². The van der Waals surface area contributed by atoms with Gasteiger partial charge >= 0.3 is 11.9 Å². The van der Waals surface area contributed by atoms with Gasteiger partial charge in [0.1, 0.15) is 5.38 Å². The molecule has 0 aliphatic carbocycles. The van der Waals surface area contributed by atoms with E-state index >= 15 is 0 Å².